The molecule has 2 amide bonds. The zero-order valence-corrected chi connectivity index (χ0v) is 15.7. The predicted molar refractivity (Wildman–Crippen MR) is 110 cm³/mol. The Balaban J connectivity index is 1.38. The lowest BCUT2D eigenvalue weighted by molar-refractivity contribution is -0.134. The van der Waals surface area contributed by atoms with Crippen LogP contribution in [-0.4, -0.2) is 34.8 Å². The molecule has 1 atom stereocenters. The van der Waals surface area contributed by atoms with Gasteiger partial charge in [-0.15, -0.1) is 0 Å². The summed E-state index contributed by atoms with van der Waals surface area (Å²) in [7, 11) is 0. The van der Waals surface area contributed by atoms with Gasteiger partial charge in [0, 0.05) is 47.9 Å². The second kappa shape index (κ2) is 6.88. The molecule has 0 bridgehead atoms. The van der Waals surface area contributed by atoms with E-state index in [4.69, 9.17) is 0 Å². The van der Waals surface area contributed by atoms with Crippen molar-refractivity contribution in [3.8, 4) is 0 Å². The quantitative estimate of drug-likeness (QED) is 0.695. The maximum atomic E-state index is 13.5. The van der Waals surface area contributed by atoms with Gasteiger partial charge >= 0.3 is 0 Å². The summed E-state index contributed by atoms with van der Waals surface area (Å²) < 4.78 is 13.5. The lowest BCUT2D eigenvalue weighted by Gasteiger charge is -2.32. The molecule has 2 aliphatic heterocycles. The highest BCUT2D eigenvalue weighted by molar-refractivity contribution is 6.01. The average molecular weight is 389 g/mol. The van der Waals surface area contributed by atoms with E-state index < -0.39 is 11.7 Å². The Kier molecular flexibility index (Phi) is 4.19. The van der Waals surface area contributed by atoms with Gasteiger partial charge in [-0.2, -0.15) is 0 Å². The van der Waals surface area contributed by atoms with Gasteiger partial charge in [0.2, 0.25) is 11.8 Å². The average Bonchev–Trinajstić information content (AvgIpc) is 3.16. The highest BCUT2D eigenvalue weighted by Gasteiger charge is 2.34. The number of benzene rings is 2. The minimum Gasteiger partial charge on any atom is -0.361 e. The van der Waals surface area contributed by atoms with Crippen molar-refractivity contribution in [2.45, 2.75) is 18.8 Å². The maximum Gasteiger partial charge on any atom is 0.231 e. The van der Waals surface area contributed by atoms with Crippen LogP contribution < -0.4 is 5.32 Å². The number of aromatic amines is 1. The van der Waals surface area contributed by atoms with Crippen LogP contribution in [0, 0.1) is 5.82 Å². The van der Waals surface area contributed by atoms with Gasteiger partial charge in [-0.1, -0.05) is 30.3 Å². The third-order valence-corrected chi connectivity index (χ3v) is 5.81. The van der Waals surface area contributed by atoms with E-state index in [1.807, 2.05) is 24.4 Å². The van der Waals surface area contributed by atoms with E-state index in [0.29, 0.717) is 24.3 Å². The van der Waals surface area contributed by atoms with Gasteiger partial charge in [0.25, 0.3) is 0 Å². The number of hydrogen-bond acceptors (Lipinski definition) is 2. The highest BCUT2D eigenvalue weighted by atomic mass is 19.1. The number of carbonyl (C=O) groups excluding carboxylic acids is 2. The van der Waals surface area contributed by atoms with Crippen LogP contribution >= 0.6 is 0 Å². The first-order valence-electron chi connectivity index (χ1n) is 9.74. The van der Waals surface area contributed by atoms with Crippen LogP contribution in [0.4, 0.5) is 10.1 Å². The summed E-state index contributed by atoms with van der Waals surface area (Å²) in [4.78, 5) is 30.3. The molecule has 146 valence electrons. The van der Waals surface area contributed by atoms with Crippen LogP contribution in [0.5, 0.6) is 0 Å². The molecule has 2 aliphatic rings. The van der Waals surface area contributed by atoms with E-state index in [2.05, 4.69) is 22.4 Å². The molecule has 0 fully saturated rings. The van der Waals surface area contributed by atoms with Crippen molar-refractivity contribution in [1.29, 1.82) is 0 Å². The molecule has 5 nitrogen and oxygen atoms in total. The molecule has 2 aromatic carbocycles. The van der Waals surface area contributed by atoms with E-state index >= 15 is 0 Å². The molecule has 3 heterocycles. The normalized spacial score (nSPS) is 18.9. The number of nitrogens with one attached hydrogen (secondary N) is 2. The van der Waals surface area contributed by atoms with Crippen LogP contribution in [0.15, 0.2) is 54.7 Å². The molecular formula is C23H20FN3O2. The fourth-order valence-electron chi connectivity index (χ4n) is 4.33. The number of aromatic nitrogens is 1. The van der Waals surface area contributed by atoms with Crippen LogP contribution in [0.2, 0.25) is 0 Å². The van der Waals surface area contributed by atoms with Gasteiger partial charge < -0.3 is 15.2 Å². The van der Waals surface area contributed by atoms with E-state index in [1.54, 1.807) is 11.0 Å². The van der Waals surface area contributed by atoms with Crippen molar-refractivity contribution >= 4 is 34.0 Å². The number of para-hydroxylation sites is 1. The summed E-state index contributed by atoms with van der Waals surface area (Å²) in [6.45, 7) is 1.10. The molecule has 2 N–H and O–H groups in total. The third kappa shape index (κ3) is 3.10. The topological polar surface area (TPSA) is 65.2 Å². The smallest absolute Gasteiger partial charge is 0.231 e. The summed E-state index contributed by atoms with van der Waals surface area (Å²) in [6.07, 6.45) is 4.95. The molecule has 0 saturated carbocycles. The molecule has 0 spiro atoms. The monoisotopic (exact) mass is 389 g/mol. The van der Waals surface area contributed by atoms with Gasteiger partial charge in [-0.05, 0) is 35.8 Å². The number of rotatable bonds is 2. The number of carbonyl (C=O) groups is 2. The largest absolute Gasteiger partial charge is 0.361 e. The Hall–Kier alpha value is -3.41. The minimum atomic E-state index is -0.567. The number of hydrogen-bond donors (Lipinski definition) is 2. The molecule has 29 heavy (non-hydrogen) atoms. The fourth-order valence-corrected chi connectivity index (χ4v) is 4.33. The summed E-state index contributed by atoms with van der Waals surface area (Å²) in [5.74, 6) is -1.33. The molecule has 5 rings (SSSR count). The SMILES string of the molecule is O=C1C[C@@H](C(=O)N2CC=C(c3c[nH]c4ccccc34)CC2)c2ccc(F)cc2N1. The Morgan fingerprint density at radius 3 is 2.86 bits per heavy atom. The molecule has 0 unspecified atom stereocenters. The predicted octanol–water partition coefficient (Wildman–Crippen LogP) is 4.05. The summed E-state index contributed by atoms with van der Waals surface area (Å²) in [5, 5.41) is 3.85. The molecule has 3 aromatic rings. The first-order valence-corrected chi connectivity index (χ1v) is 9.74. The summed E-state index contributed by atoms with van der Waals surface area (Å²) >= 11 is 0. The number of H-pyrrole nitrogens is 1. The van der Waals surface area contributed by atoms with E-state index in [9.17, 15) is 14.0 Å². The molecular weight excluding hydrogens is 369 g/mol. The molecule has 6 heteroatoms. The third-order valence-electron chi connectivity index (χ3n) is 5.81. The Labute approximate surface area is 167 Å². The van der Waals surface area contributed by atoms with Crippen molar-refractivity contribution < 1.29 is 14.0 Å². The number of anilines is 1. The molecule has 0 aliphatic carbocycles. The fraction of sp³-hybridized carbons (Fsp3) is 0.217. The Morgan fingerprint density at radius 1 is 1.17 bits per heavy atom. The second-order valence-electron chi connectivity index (χ2n) is 7.55. The lowest BCUT2D eigenvalue weighted by Crippen LogP contribution is -2.40. The number of halogens is 1. The number of amides is 2. The molecule has 1 aromatic heterocycles. The minimum absolute atomic E-state index is 0.0815. The first kappa shape index (κ1) is 17.7. The first-order chi connectivity index (χ1) is 14.1. The number of nitrogens with zero attached hydrogens (tertiary/aromatic N) is 1. The Morgan fingerprint density at radius 2 is 2.03 bits per heavy atom. The number of fused-ring (bicyclic) bond motifs is 2. The maximum absolute atomic E-state index is 13.5. The van der Waals surface area contributed by atoms with Crippen molar-refractivity contribution in [2.24, 2.45) is 0 Å². The molecule has 0 radical (unpaired) electrons. The zero-order valence-electron chi connectivity index (χ0n) is 15.7. The molecule has 0 saturated heterocycles. The summed E-state index contributed by atoms with van der Waals surface area (Å²) in [5.41, 5.74) is 4.56. The van der Waals surface area contributed by atoms with Crippen LogP contribution in [0.3, 0.4) is 0 Å². The van der Waals surface area contributed by atoms with Crippen LogP contribution in [-0.2, 0) is 9.59 Å². The van der Waals surface area contributed by atoms with Crippen molar-refractivity contribution in [3.63, 3.8) is 0 Å². The summed E-state index contributed by atoms with van der Waals surface area (Å²) in [6, 6.07) is 12.4. The van der Waals surface area contributed by atoms with E-state index in [0.717, 1.165) is 11.9 Å². The second-order valence-corrected chi connectivity index (χ2v) is 7.55. The lowest BCUT2D eigenvalue weighted by atomic mass is 9.88. The van der Waals surface area contributed by atoms with Gasteiger partial charge in [0.15, 0.2) is 0 Å². The van der Waals surface area contributed by atoms with E-state index in [-0.39, 0.29) is 18.2 Å². The van der Waals surface area contributed by atoms with E-state index in [1.165, 1.54) is 28.7 Å². The zero-order chi connectivity index (χ0) is 20.0. The van der Waals surface area contributed by atoms with Gasteiger partial charge in [-0.25, -0.2) is 4.39 Å². The highest BCUT2D eigenvalue weighted by Crippen LogP contribution is 2.35. The van der Waals surface area contributed by atoms with Crippen molar-refractivity contribution in [3.05, 3.63) is 71.7 Å². The standard InChI is InChI=1S/C23H20FN3O2/c24-15-5-6-17-18(12-22(28)26-21(17)11-15)23(29)27-9-7-14(8-10-27)19-13-25-20-4-2-1-3-16(19)20/h1-7,11,13,18,25H,8-10,12H2,(H,26,28)/t18-/m1/s1. The van der Waals surface area contributed by atoms with Gasteiger partial charge in [0.05, 0.1) is 5.92 Å². The van der Waals surface area contributed by atoms with Gasteiger partial charge in [0.1, 0.15) is 5.82 Å². The Bertz CT molecular complexity index is 1160. The van der Waals surface area contributed by atoms with Crippen molar-refractivity contribution in [1.82, 2.24) is 9.88 Å². The van der Waals surface area contributed by atoms with Crippen LogP contribution in [0.25, 0.3) is 16.5 Å². The van der Waals surface area contributed by atoms with Crippen molar-refractivity contribution in [2.75, 3.05) is 18.4 Å². The van der Waals surface area contributed by atoms with Gasteiger partial charge in [-0.3, -0.25) is 9.59 Å². The van der Waals surface area contributed by atoms with Crippen LogP contribution in [0.1, 0.15) is 29.9 Å².